The van der Waals surface area contributed by atoms with Crippen LogP contribution in [0.4, 0.5) is 0 Å². The molecule has 19 heavy (non-hydrogen) atoms. The second-order valence-electron chi connectivity index (χ2n) is 5.14. The van der Waals surface area contributed by atoms with E-state index in [2.05, 4.69) is 9.97 Å². The maximum absolute atomic E-state index is 11.7. The predicted molar refractivity (Wildman–Crippen MR) is 75.0 cm³/mol. The number of amides is 1. The number of rotatable bonds is 3. The maximum atomic E-state index is 11.7. The second kappa shape index (κ2) is 4.49. The van der Waals surface area contributed by atoms with Gasteiger partial charge in [-0.05, 0) is 39.3 Å². The number of primary amides is 1. The summed E-state index contributed by atoms with van der Waals surface area (Å²) in [6.07, 6.45) is 1.69. The first-order valence-electron chi connectivity index (χ1n) is 6.05. The highest BCUT2D eigenvalue weighted by molar-refractivity contribution is 6.20. The summed E-state index contributed by atoms with van der Waals surface area (Å²) in [4.78, 5) is 20.6. The quantitative estimate of drug-likeness (QED) is 0.877. The van der Waals surface area contributed by atoms with Gasteiger partial charge >= 0.3 is 0 Å². The highest BCUT2D eigenvalue weighted by Crippen LogP contribution is 2.30. The highest BCUT2D eigenvalue weighted by atomic mass is 35.5. The van der Waals surface area contributed by atoms with E-state index >= 15 is 0 Å². The van der Waals surface area contributed by atoms with Crippen LogP contribution in [0.5, 0.6) is 0 Å². The Morgan fingerprint density at radius 3 is 2.68 bits per heavy atom. The molecule has 0 aliphatic carbocycles. The fraction of sp³-hybridized carbons (Fsp3) is 0.462. The number of fused-ring (bicyclic) bond motifs is 1. The largest absolute Gasteiger partial charge is 0.368 e. The van der Waals surface area contributed by atoms with Crippen molar-refractivity contribution >= 4 is 28.7 Å². The number of nitrogens with two attached hydrogens (primary N) is 1. The Labute approximate surface area is 116 Å². The molecule has 2 heterocycles. The van der Waals surface area contributed by atoms with Gasteiger partial charge in [0.15, 0.2) is 5.65 Å². The molecule has 0 radical (unpaired) electrons. The molecule has 0 bridgehead atoms. The van der Waals surface area contributed by atoms with Crippen LogP contribution in [0.3, 0.4) is 0 Å². The van der Waals surface area contributed by atoms with Crippen LogP contribution in [0.15, 0.2) is 12.3 Å². The molecule has 1 amide bonds. The summed E-state index contributed by atoms with van der Waals surface area (Å²) in [6.45, 7) is 7.24. The van der Waals surface area contributed by atoms with Gasteiger partial charge in [-0.2, -0.15) is 0 Å². The number of aryl methyl sites for hydroxylation is 1. The Kier molecular flexibility index (Phi) is 3.26. The zero-order valence-electron chi connectivity index (χ0n) is 11.4. The standard InChI is InChI=1S/C13H17ClN4O/c1-7-5-6-16-11-9(7)17-10(8(2)14)18(11)13(3,4)12(15)19/h5-6,8H,1-4H3,(H2,15,19). The van der Waals surface area contributed by atoms with Crippen molar-refractivity contribution in [3.63, 3.8) is 0 Å². The molecule has 0 spiro atoms. The summed E-state index contributed by atoms with van der Waals surface area (Å²) in [5.74, 6) is 0.149. The normalized spacial score (nSPS) is 13.7. The molecule has 2 rings (SSSR count). The number of carbonyl (C=O) groups excluding carboxylic acids is 1. The Hall–Kier alpha value is -1.62. The second-order valence-corrected chi connectivity index (χ2v) is 5.80. The molecule has 0 aliphatic rings. The van der Waals surface area contributed by atoms with Gasteiger partial charge in [0.25, 0.3) is 0 Å². The van der Waals surface area contributed by atoms with E-state index in [1.807, 2.05) is 19.9 Å². The molecule has 0 aromatic carbocycles. The molecular weight excluding hydrogens is 264 g/mol. The molecule has 102 valence electrons. The molecular formula is C13H17ClN4O. The van der Waals surface area contributed by atoms with E-state index in [4.69, 9.17) is 17.3 Å². The summed E-state index contributed by atoms with van der Waals surface area (Å²) in [5.41, 5.74) is 6.93. The van der Waals surface area contributed by atoms with Crippen molar-refractivity contribution in [3.05, 3.63) is 23.7 Å². The summed E-state index contributed by atoms with van der Waals surface area (Å²) in [5, 5.41) is -0.341. The van der Waals surface area contributed by atoms with E-state index in [9.17, 15) is 4.79 Å². The van der Waals surface area contributed by atoms with Gasteiger partial charge < -0.3 is 5.73 Å². The van der Waals surface area contributed by atoms with Gasteiger partial charge in [0.2, 0.25) is 5.91 Å². The first-order chi connectivity index (χ1) is 8.76. The smallest absolute Gasteiger partial charge is 0.243 e. The predicted octanol–water partition coefficient (Wildman–Crippen LogP) is 2.26. The summed E-state index contributed by atoms with van der Waals surface area (Å²) >= 11 is 6.18. The number of carbonyl (C=O) groups is 1. The van der Waals surface area contributed by atoms with Crippen molar-refractivity contribution in [2.75, 3.05) is 0 Å². The summed E-state index contributed by atoms with van der Waals surface area (Å²) in [7, 11) is 0. The lowest BCUT2D eigenvalue weighted by Gasteiger charge is -2.25. The van der Waals surface area contributed by atoms with E-state index < -0.39 is 11.4 Å². The topological polar surface area (TPSA) is 73.8 Å². The average Bonchev–Trinajstić information content (AvgIpc) is 2.70. The summed E-state index contributed by atoms with van der Waals surface area (Å²) < 4.78 is 1.73. The first kappa shape index (κ1) is 13.8. The van der Waals surface area contributed by atoms with Gasteiger partial charge in [0.05, 0.1) is 5.38 Å². The zero-order valence-corrected chi connectivity index (χ0v) is 12.2. The Morgan fingerprint density at radius 2 is 2.16 bits per heavy atom. The lowest BCUT2D eigenvalue weighted by Crippen LogP contribution is -2.42. The average molecular weight is 281 g/mol. The van der Waals surface area contributed by atoms with Crippen LogP contribution >= 0.6 is 11.6 Å². The number of imidazole rings is 1. The Bertz CT molecular complexity index is 645. The first-order valence-corrected chi connectivity index (χ1v) is 6.49. The Balaban J connectivity index is 2.88. The van der Waals surface area contributed by atoms with E-state index in [0.717, 1.165) is 11.1 Å². The molecule has 1 atom stereocenters. The van der Waals surface area contributed by atoms with Crippen molar-refractivity contribution < 1.29 is 4.79 Å². The molecule has 2 aromatic rings. The lowest BCUT2D eigenvalue weighted by molar-refractivity contribution is -0.125. The number of nitrogens with zero attached hydrogens (tertiary/aromatic N) is 3. The Morgan fingerprint density at radius 1 is 1.53 bits per heavy atom. The van der Waals surface area contributed by atoms with Gasteiger partial charge in [-0.25, -0.2) is 9.97 Å². The van der Waals surface area contributed by atoms with E-state index in [0.29, 0.717) is 11.5 Å². The molecule has 2 aromatic heterocycles. The van der Waals surface area contributed by atoms with Crippen molar-refractivity contribution in [1.82, 2.24) is 14.5 Å². The minimum Gasteiger partial charge on any atom is -0.368 e. The number of hydrogen-bond acceptors (Lipinski definition) is 3. The van der Waals surface area contributed by atoms with Crippen LogP contribution in [-0.2, 0) is 10.3 Å². The van der Waals surface area contributed by atoms with E-state index in [1.165, 1.54) is 0 Å². The van der Waals surface area contributed by atoms with Gasteiger partial charge in [0.1, 0.15) is 16.9 Å². The molecule has 2 N–H and O–H groups in total. The monoisotopic (exact) mass is 280 g/mol. The third-order valence-corrected chi connectivity index (χ3v) is 3.49. The van der Waals surface area contributed by atoms with Crippen molar-refractivity contribution in [1.29, 1.82) is 0 Å². The van der Waals surface area contributed by atoms with E-state index in [-0.39, 0.29) is 5.38 Å². The van der Waals surface area contributed by atoms with Crippen molar-refractivity contribution in [2.24, 2.45) is 5.73 Å². The van der Waals surface area contributed by atoms with Crippen LogP contribution in [0, 0.1) is 6.92 Å². The number of hydrogen-bond donors (Lipinski definition) is 1. The number of aromatic nitrogens is 3. The number of alkyl halides is 1. The van der Waals surface area contributed by atoms with Crippen LogP contribution in [0.1, 0.15) is 37.5 Å². The van der Waals surface area contributed by atoms with Crippen molar-refractivity contribution in [2.45, 2.75) is 38.6 Å². The maximum Gasteiger partial charge on any atom is 0.243 e. The van der Waals surface area contributed by atoms with Crippen LogP contribution in [-0.4, -0.2) is 20.4 Å². The van der Waals surface area contributed by atoms with Gasteiger partial charge in [-0.1, -0.05) is 0 Å². The zero-order chi connectivity index (χ0) is 14.4. The van der Waals surface area contributed by atoms with Gasteiger partial charge in [-0.3, -0.25) is 9.36 Å². The fourth-order valence-corrected chi connectivity index (χ4v) is 2.19. The molecule has 0 aliphatic heterocycles. The minimum atomic E-state index is -0.936. The molecule has 0 fully saturated rings. The van der Waals surface area contributed by atoms with Crippen LogP contribution in [0.25, 0.3) is 11.2 Å². The summed E-state index contributed by atoms with van der Waals surface area (Å²) in [6, 6.07) is 1.87. The molecule has 5 nitrogen and oxygen atoms in total. The van der Waals surface area contributed by atoms with Crippen LogP contribution in [0.2, 0.25) is 0 Å². The van der Waals surface area contributed by atoms with Crippen molar-refractivity contribution in [3.8, 4) is 0 Å². The third kappa shape index (κ3) is 2.08. The third-order valence-electron chi connectivity index (χ3n) is 3.29. The SMILES string of the molecule is Cc1ccnc2c1nc(C(C)Cl)n2C(C)(C)C(N)=O. The molecule has 1 unspecified atom stereocenters. The number of pyridine rings is 1. The van der Waals surface area contributed by atoms with Gasteiger partial charge in [0, 0.05) is 6.20 Å². The molecule has 6 heteroatoms. The van der Waals surface area contributed by atoms with E-state index in [1.54, 1.807) is 24.6 Å². The lowest BCUT2D eigenvalue weighted by atomic mass is 10.0. The fourth-order valence-electron chi connectivity index (χ4n) is 2.04. The highest BCUT2D eigenvalue weighted by Gasteiger charge is 2.33. The number of halogens is 1. The minimum absolute atomic E-state index is 0.341. The molecule has 0 saturated carbocycles. The van der Waals surface area contributed by atoms with Gasteiger partial charge in [-0.15, -0.1) is 11.6 Å². The van der Waals surface area contributed by atoms with Crippen LogP contribution < -0.4 is 5.73 Å². The molecule has 0 saturated heterocycles.